The van der Waals surface area contributed by atoms with Gasteiger partial charge in [-0.1, -0.05) is 12.1 Å². The molecule has 0 fully saturated rings. The molecule has 3 rings (SSSR count). The highest BCUT2D eigenvalue weighted by Crippen LogP contribution is 2.21. The molecular weight excluding hydrogens is 194 g/mol. The van der Waals surface area contributed by atoms with Gasteiger partial charge in [-0.25, -0.2) is 4.79 Å². The molecule has 1 aromatic carbocycles. The van der Waals surface area contributed by atoms with Crippen LogP contribution < -0.4 is 5.43 Å². The number of pyridine rings is 1. The molecule has 0 unspecified atom stereocenters. The summed E-state index contributed by atoms with van der Waals surface area (Å²) in [5, 5.41) is 0.562. The lowest BCUT2D eigenvalue weighted by Crippen LogP contribution is -2.22. The molecule has 74 valence electrons. The maximum Gasteiger partial charge on any atom is 0.418 e. The number of hydrogen-bond donors (Lipinski definition) is 0. The number of rotatable bonds is 0. The van der Waals surface area contributed by atoms with Gasteiger partial charge in [-0.15, -0.1) is 0 Å². The average molecular weight is 201 g/mol. The van der Waals surface area contributed by atoms with E-state index in [-0.39, 0.29) is 12.0 Å². The Morgan fingerprint density at radius 1 is 1.20 bits per heavy atom. The van der Waals surface area contributed by atoms with Crippen molar-refractivity contribution in [2.45, 2.75) is 6.61 Å². The van der Waals surface area contributed by atoms with Crippen LogP contribution in [0.2, 0.25) is 0 Å². The van der Waals surface area contributed by atoms with Gasteiger partial charge in [-0.2, -0.15) is 0 Å². The summed E-state index contributed by atoms with van der Waals surface area (Å²) in [7, 11) is 0. The number of carbonyl (C=O) groups excluding carboxylic acids is 1. The van der Waals surface area contributed by atoms with Crippen LogP contribution >= 0.6 is 0 Å². The number of nitrogens with zero attached hydrogens (tertiary/aromatic N) is 1. The van der Waals surface area contributed by atoms with Gasteiger partial charge in [-0.3, -0.25) is 9.36 Å². The zero-order chi connectivity index (χ0) is 10.4. The third-order valence-electron chi connectivity index (χ3n) is 2.55. The Hall–Kier alpha value is -2.10. The fourth-order valence-electron chi connectivity index (χ4n) is 1.86. The normalized spacial score (nSPS) is 14.0. The Morgan fingerprint density at radius 3 is 2.93 bits per heavy atom. The van der Waals surface area contributed by atoms with Crippen LogP contribution in [0, 0.1) is 0 Å². The van der Waals surface area contributed by atoms with Gasteiger partial charge >= 0.3 is 6.09 Å². The molecule has 0 spiro atoms. The van der Waals surface area contributed by atoms with Crippen LogP contribution in [-0.2, 0) is 11.3 Å². The Balaban J connectivity index is 2.59. The summed E-state index contributed by atoms with van der Waals surface area (Å²) in [4.78, 5) is 23.0. The minimum atomic E-state index is -0.432. The van der Waals surface area contributed by atoms with Crippen LogP contribution in [-0.4, -0.2) is 10.7 Å². The maximum absolute atomic E-state index is 11.6. The standard InChI is InChI=1S/C11H7NO3/c13-9-4-5-12-10-7(6-15-11(12)14)2-1-3-8(9)10/h1-5H,6H2. The number of benzene rings is 1. The summed E-state index contributed by atoms with van der Waals surface area (Å²) in [5.41, 5.74) is 1.46. The average Bonchev–Trinajstić information content (AvgIpc) is 2.26. The first-order valence-electron chi connectivity index (χ1n) is 4.58. The second-order valence-electron chi connectivity index (χ2n) is 3.42. The molecule has 0 bridgehead atoms. The van der Waals surface area contributed by atoms with Gasteiger partial charge in [0.1, 0.15) is 6.61 Å². The van der Waals surface area contributed by atoms with E-state index in [1.807, 2.05) is 6.07 Å². The predicted octanol–water partition coefficient (Wildman–Crippen LogP) is 1.50. The van der Waals surface area contributed by atoms with Crippen molar-refractivity contribution in [3.05, 3.63) is 46.2 Å². The summed E-state index contributed by atoms with van der Waals surface area (Å²) in [5.74, 6) is 0. The number of ether oxygens (including phenoxy) is 1. The van der Waals surface area contributed by atoms with Crippen LogP contribution in [0.15, 0.2) is 35.3 Å². The molecule has 0 radical (unpaired) electrons. The number of para-hydroxylation sites is 1. The van der Waals surface area contributed by atoms with Crippen molar-refractivity contribution in [2.24, 2.45) is 0 Å². The molecule has 4 nitrogen and oxygen atoms in total. The van der Waals surface area contributed by atoms with Gasteiger partial charge in [0, 0.05) is 23.2 Å². The minimum absolute atomic E-state index is 0.0715. The maximum atomic E-state index is 11.6. The predicted molar refractivity (Wildman–Crippen MR) is 53.8 cm³/mol. The highest BCUT2D eigenvalue weighted by molar-refractivity contribution is 5.91. The molecule has 0 saturated heterocycles. The van der Waals surface area contributed by atoms with Crippen LogP contribution in [0.1, 0.15) is 5.56 Å². The Labute approximate surface area is 84.7 Å². The number of hydrogen-bond acceptors (Lipinski definition) is 3. The number of cyclic esters (lactones) is 1. The second kappa shape index (κ2) is 2.70. The first kappa shape index (κ1) is 8.23. The van der Waals surface area contributed by atoms with Crippen LogP contribution in [0.4, 0.5) is 4.79 Å². The van der Waals surface area contributed by atoms with E-state index in [2.05, 4.69) is 0 Å². The van der Waals surface area contributed by atoms with E-state index in [0.717, 1.165) is 5.56 Å². The van der Waals surface area contributed by atoms with Crippen molar-refractivity contribution >= 4 is 17.0 Å². The molecule has 0 saturated carbocycles. The van der Waals surface area contributed by atoms with Crippen LogP contribution in [0.3, 0.4) is 0 Å². The molecule has 1 aromatic heterocycles. The summed E-state index contributed by atoms with van der Waals surface area (Å²) >= 11 is 0. The molecule has 0 aliphatic carbocycles. The number of aromatic nitrogens is 1. The third kappa shape index (κ3) is 1.01. The van der Waals surface area contributed by atoms with E-state index in [9.17, 15) is 9.59 Å². The first-order valence-corrected chi connectivity index (χ1v) is 4.58. The Bertz CT molecular complexity index is 627. The van der Waals surface area contributed by atoms with Crippen LogP contribution in [0.25, 0.3) is 10.9 Å². The fourth-order valence-corrected chi connectivity index (χ4v) is 1.86. The highest BCUT2D eigenvalue weighted by Gasteiger charge is 2.18. The lowest BCUT2D eigenvalue weighted by molar-refractivity contribution is 0.138. The smallest absolute Gasteiger partial charge is 0.418 e. The van der Waals surface area contributed by atoms with Gasteiger partial charge < -0.3 is 4.74 Å². The van der Waals surface area contributed by atoms with E-state index in [1.54, 1.807) is 12.1 Å². The monoisotopic (exact) mass is 201 g/mol. The van der Waals surface area contributed by atoms with Gasteiger partial charge in [0.15, 0.2) is 5.43 Å². The fraction of sp³-hybridized carbons (Fsp3) is 0.0909. The van der Waals surface area contributed by atoms with E-state index < -0.39 is 6.09 Å². The van der Waals surface area contributed by atoms with Crippen molar-refractivity contribution < 1.29 is 9.53 Å². The van der Waals surface area contributed by atoms with Crippen molar-refractivity contribution in [1.82, 2.24) is 4.57 Å². The molecule has 1 aliphatic heterocycles. The quantitative estimate of drug-likeness (QED) is 0.649. The summed E-state index contributed by atoms with van der Waals surface area (Å²) in [6, 6.07) is 6.74. The molecule has 2 aromatic rings. The highest BCUT2D eigenvalue weighted by atomic mass is 16.6. The Kier molecular flexibility index (Phi) is 1.48. The van der Waals surface area contributed by atoms with Crippen molar-refractivity contribution in [1.29, 1.82) is 0 Å². The third-order valence-corrected chi connectivity index (χ3v) is 2.55. The topological polar surface area (TPSA) is 48.3 Å². The lowest BCUT2D eigenvalue weighted by atomic mass is 10.1. The molecule has 0 atom stereocenters. The molecule has 15 heavy (non-hydrogen) atoms. The zero-order valence-electron chi connectivity index (χ0n) is 7.77. The number of carbonyl (C=O) groups is 1. The molecular formula is C11H7NO3. The second-order valence-corrected chi connectivity index (χ2v) is 3.42. The van der Waals surface area contributed by atoms with Crippen molar-refractivity contribution in [2.75, 3.05) is 0 Å². The largest absolute Gasteiger partial charge is 0.444 e. The van der Waals surface area contributed by atoms with E-state index in [4.69, 9.17) is 4.74 Å². The van der Waals surface area contributed by atoms with E-state index in [0.29, 0.717) is 10.9 Å². The molecule has 0 N–H and O–H groups in total. The molecule has 2 heterocycles. The Morgan fingerprint density at radius 2 is 2.07 bits per heavy atom. The SMILES string of the molecule is O=C1OCc2cccc3c(=O)ccn1c23. The van der Waals surface area contributed by atoms with Crippen molar-refractivity contribution in [3.8, 4) is 0 Å². The van der Waals surface area contributed by atoms with Gasteiger partial charge in [0.2, 0.25) is 0 Å². The van der Waals surface area contributed by atoms with Gasteiger partial charge in [-0.05, 0) is 6.07 Å². The van der Waals surface area contributed by atoms with Crippen molar-refractivity contribution in [3.63, 3.8) is 0 Å². The minimum Gasteiger partial charge on any atom is -0.444 e. The molecule has 4 heteroatoms. The van der Waals surface area contributed by atoms with E-state index in [1.165, 1.54) is 16.8 Å². The van der Waals surface area contributed by atoms with Gasteiger partial charge in [0.25, 0.3) is 0 Å². The summed E-state index contributed by atoms with van der Waals surface area (Å²) in [6.45, 7) is 0.236. The first-order chi connectivity index (χ1) is 7.27. The molecule has 1 aliphatic rings. The van der Waals surface area contributed by atoms with Gasteiger partial charge in [0.05, 0.1) is 5.52 Å². The zero-order valence-corrected chi connectivity index (χ0v) is 7.77. The lowest BCUT2D eigenvalue weighted by Gasteiger charge is -2.18. The molecule has 0 amide bonds. The van der Waals surface area contributed by atoms with E-state index >= 15 is 0 Å². The summed E-state index contributed by atoms with van der Waals surface area (Å²) in [6.07, 6.45) is 1.02. The summed E-state index contributed by atoms with van der Waals surface area (Å²) < 4.78 is 6.33. The van der Waals surface area contributed by atoms with Crippen LogP contribution in [0.5, 0.6) is 0 Å².